The number of benzene rings is 1. The summed E-state index contributed by atoms with van der Waals surface area (Å²) in [5.41, 5.74) is 0.354. The Morgan fingerprint density at radius 2 is 1.95 bits per heavy atom. The molecule has 100 valence electrons. The third kappa shape index (κ3) is 2.36. The molecule has 5 heteroatoms. The van der Waals surface area contributed by atoms with Crippen molar-refractivity contribution in [2.24, 2.45) is 0 Å². The summed E-state index contributed by atoms with van der Waals surface area (Å²) in [6, 6.07) is 6.16. The summed E-state index contributed by atoms with van der Waals surface area (Å²) in [6.07, 6.45) is 1.26. The van der Waals surface area contributed by atoms with Gasteiger partial charge in [0.15, 0.2) is 0 Å². The van der Waals surface area contributed by atoms with Gasteiger partial charge in [-0.2, -0.15) is 5.10 Å². The molecule has 1 heterocycles. The molecule has 0 fully saturated rings. The highest BCUT2D eigenvalue weighted by molar-refractivity contribution is 5.89. The van der Waals surface area contributed by atoms with E-state index in [0.29, 0.717) is 5.69 Å². The molecule has 1 aromatic heterocycles. The molecule has 0 saturated heterocycles. The predicted octanol–water partition coefficient (Wildman–Crippen LogP) is 3.01. The highest BCUT2D eigenvalue weighted by Crippen LogP contribution is 2.29. The maximum atomic E-state index is 13.8. The van der Waals surface area contributed by atoms with E-state index in [9.17, 15) is 14.3 Å². The van der Waals surface area contributed by atoms with Crippen LogP contribution in [0.2, 0.25) is 0 Å². The summed E-state index contributed by atoms with van der Waals surface area (Å²) >= 11 is 0. The van der Waals surface area contributed by atoms with Gasteiger partial charge in [-0.25, -0.2) is 13.9 Å². The molecule has 1 aromatic carbocycles. The van der Waals surface area contributed by atoms with E-state index in [0.717, 1.165) is 0 Å². The minimum absolute atomic E-state index is 0.0933. The second-order valence-electron chi connectivity index (χ2n) is 5.33. The van der Waals surface area contributed by atoms with Gasteiger partial charge in [-0.3, -0.25) is 0 Å². The van der Waals surface area contributed by atoms with Crippen molar-refractivity contribution in [2.45, 2.75) is 26.2 Å². The average molecular weight is 262 g/mol. The summed E-state index contributed by atoms with van der Waals surface area (Å²) in [7, 11) is 0. The minimum Gasteiger partial charge on any atom is -0.478 e. The van der Waals surface area contributed by atoms with Gasteiger partial charge in [-0.1, -0.05) is 32.9 Å². The molecule has 0 atom stereocenters. The summed E-state index contributed by atoms with van der Waals surface area (Å²) in [6.45, 7) is 5.61. The lowest BCUT2D eigenvalue weighted by molar-refractivity contribution is 0.0694. The fourth-order valence-electron chi connectivity index (χ4n) is 2.03. The Balaban J connectivity index is 2.73. The van der Waals surface area contributed by atoms with E-state index in [1.165, 1.54) is 16.9 Å². The molecule has 0 saturated carbocycles. The van der Waals surface area contributed by atoms with Crippen LogP contribution in [0.1, 0.15) is 36.8 Å². The van der Waals surface area contributed by atoms with Crippen LogP contribution in [0, 0.1) is 5.82 Å². The van der Waals surface area contributed by atoms with Gasteiger partial charge >= 0.3 is 5.97 Å². The molecule has 1 N–H and O–H groups in total. The number of carboxylic acid groups (broad SMARTS) is 1. The highest BCUT2D eigenvalue weighted by Gasteiger charge is 2.28. The molecule has 0 bridgehead atoms. The van der Waals surface area contributed by atoms with Gasteiger partial charge < -0.3 is 5.11 Å². The lowest BCUT2D eigenvalue weighted by Crippen LogP contribution is -2.21. The number of nitrogens with zero attached hydrogens (tertiary/aromatic N) is 2. The first kappa shape index (κ1) is 13.3. The molecule has 0 radical (unpaired) electrons. The fourth-order valence-corrected chi connectivity index (χ4v) is 2.03. The van der Waals surface area contributed by atoms with E-state index >= 15 is 0 Å². The zero-order chi connectivity index (χ0) is 14.2. The molecule has 0 spiro atoms. The van der Waals surface area contributed by atoms with Crippen LogP contribution in [0.25, 0.3) is 5.69 Å². The second-order valence-corrected chi connectivity index (χ2v) is 5.33. The number of halogens is 1. The highest BCUT2D eigenvalue weighted by atomic mass is 19.1. The lowest BCUT2D eigenvalue weighted by Gasteiger charge is -2.21. The Bertz CT molecular complexity index is 627. The van der Waals surface area contributed by atoms with Crippen molar-refractivity contribution in [3.8, 4) is 5.69 Å². The van der Waals surface area contributed by atoms with E-state index in [4.69, 9.17) is 0 Å². The summed E-state index contributed by atoms with van der Waals surface area (Å²) in [5, 5.41) is 13.2. The Morgan fingerprint density at radius 3 is 2.47 bits per heavy atom. The van der Waals surface area contributed by atoms with Crippen LogP contribution in [0.3, 0.4) is 0 Å². The van der Waals surface area contributed by atoms with E-state index < -0.39 is 17.2 Å². The lowest BCUT2D eigenvalue weighted by atomic mass is 9.89. The zero-order valence-electron chi connectivity index (χ0n) is 11.0. The van der Waals surface area contributed by atoms with Crippen molar-refractivity contribution in [3.05, 3.63) is 47.5 Å². The maximum absolute atomic E-state index is 13.8. The van der Waals surface area contributed by atoms with Gasteiger partial charge in [0.25, 0.3) is 0 Å². The van der Waals surface area contributed by atoms with Crippen LogP contribution in [0.5, 0.6) is 0 Å². The first-order valence-corrected chi connectivity index (χ1v) is 5.89. The van der Waals surface area contributed by atoms with Crippen LogP contribution < -0.4 is 0 Å². The summed E-state index contributed by atoms with van der Waals surface area (Å²) in [4.78, 5) is 11.3. The molecule has 0 aliphatic heterocycles. The molecule has 2 aromatic rings. The fraction of sp³-hybridized carbons (Fsp3) is 0.286. The molecule has 4 nitrogen and oxygen atoms in total. The first-order chi connectivity index (χ1) is 8.82. The molecule has 2 rings (SSSR count). The number of rotatable bonds is 2. The van der Waals surface area contributed by atoms with Crippen molar-refractivity contribution in [3.63, 3.8) is 0 Å². The molecular weight excluding hydrogens is 247 g/mol. The van der Waals surface area contributed by atoms with Crippen LogP contribution in [0.15, 0.2) is 30.5 Å². The van der Waals surface area contributed by atoms with Crippen molar-refractivity contribution in [2.75, 3.05) is 0 Å². The van der Waals surface area contributed by atoms with Gasteiger partial charge in [-0.05, 0) is 12.1 Å². The van der Waals surface area contributed by atoms with Gasteiger partial charge in [0.1, 0.15) is 17.1 Å². The first-order valence-electron chi connectivity index (χ1n) is 5.89. The van der Waals surface area contributed by atoms with Crippen LogP contribution >= 0.6 is 0 Å². The Labute approximate surface area is 110 Å². The molecule has 0 unspecified atom stereocenters. The van der Waals surface area contributed by atoms with Crippen molar-refractivity contribution < 1.29 is 14.3 Å². The number of hydrogen-bond acceptors (Lipinski definition) is 2. The van der Waals surface area contributed by atoms with Crippen LogP contribution in [0.4, 0.5) is 4.39 Å². The van der Waals surface area contributed by atoms with Crippen LogP contribution in [-0.4, -0.2) is 20.9 Å². The second kappa shape index (κ2) is 4.50. The Kier molecular flexibility index (Phi) is 3.14. The van der Waals surface area contributed by atoms with E-state index in [-0.39, 0.29) is 11.3 Å². The molecule has 19 heavy (non-hydrogen) atoms. The molecule has 0 aliphatic carbocycles. The van der Waals surface area contributed by atoms with E-state index in [2.05, 4.69) is 5.10 Å². The zero-order valence-corrected chi connectivity index (χ0v) is 11.0. The predicted molar refractivity (Wildman–Crippen MR) is 69.2 cm³/mol. The number of carbonyl (C=O) groups is 1. The van der Waals surface area contributed by atoms with Gasteiger partial charge in [0, 0.05) is 5.41 Å². The monoisotopic (exact) mass is 262 g/mol. The number of hydrogen-bond donors (Lipinski definition) is 1. The largest absolute Gasteiger partial charge is 0.478 e. The molecular formula is C14H15FN2O2. The van der Waals surface area contributed by atoms with Gasteiger partial charge in [0.2, 0.25) is 0 Å². The van der Waals surface area contributed by atoms with E-state index in [1.807, 2.05) is 20.8 Å². The van der Waals surface area contributed by atoms with Crippen molar-refractivity contribution >= 4 is 5.97 Å². The Morgan fingerprint density at radius 1 is 1.32 bits per heavy atom. The molecule has 0 amide bonds. The third-order valence-corrected chi connectivity index (χ3v) is 2.79. The maximum Gasteiger partial charge on any atom is 0.339 e. The van der Waals surface area contributed by atoms with Gasteiger partial charge in [-0.15, -0.1) is 0 Å². The number of para-hydroxylation sites is 1. The smallest absolute Gasteiger partial charge is 0.339 e. The minimum atomic E-state index is -1.06. The summed E-state index contributed by atoms with van der Waals surface area (Å²) in [5.74, 6) is -1.50. The normalized spacial score (nSPS) is 11.6. The number of aromatic carboxylic acids is 1. The third-order valence-electron chi connectivity index (χ3n) is 2.79. The quantitative estimate of drug-likeness (QED) is 0.905. The number of carboxylic acids is 1. The van der Waals surface area contributed by atoms with Gasteiger partial charge in [0.05, 0.1) is 11.9 Å². The topological polar surface area (TPSA) is 55.1 Å². The SMILES string of the molecule is CC(C)(C)c1c(C(=O)O)cnn1-c1ccccc1F. The van der Waals surface area contributed by atoms with E-state index in [1.54, 1.807) is 18.2 Å². The number of aromatic nitrogens is 2. The Hall–Kier alpha value is -2.17. The summed E-state index contributed by atoms with van der Waals surface area (Å²) < 4.78 is 15.2. The standard InChI is InChI=1S/C14H15FN2O2/c1-14(2,3)12-9(13(18)19)8-16-17(12)11-7-5-4-6-10(11)15/h4-8H,1-3H3,(H,18,19). The van der Waals surface area contributed by atoms with Crippen molar-refractivity contribution in [1.82, 2.24) is 9.78 Å². The molecule has 0 aliphatic rings. The average Bonchev–Trinajstić information content (AvgIpc) is 2.73. The van der Waals surface area contributed by atoms with Crippen molar-refractivity contribution in [1.29, 1.82) is 0 Å². The van der Waals surface area contributed by atoms with Crippen LogP contribution in [-0.2, 0) is 5.41 Å².